The van der Waals surface area contributed by atoms with Crippen LogP contribution >= 0.6 is 0 Å². The van der Waals surface area contributed by atoms with E-state index in [4.69, 9.17) is 10.5 Å². The first-order valence-electron chi connectivity index (χ1n) is 5.12. The molecule has 0 radical (unpaired) electrons. The Bertz CT molecular complexity index is 285. The van der Waals surface area contributed by atoms with Gasteiger partial charge in [-0.05, 0) is 6.42 Å². The first-order chi connectivity index (χ1) is 7.24. The molecule has 1 atom stereocenters. The molecule has 5 nitrogen and oxygen atoms in total. The lowest BCUT2D eigenvalue weighted by atomic mass is 10.3. The van der Waals surface area contributed by atoms with Gasteiger partial charge in [-0.15, -0.1) is 0 Å². The zero-order valence-corrected chi connectivity index (χ0v) is 8.93. The average molecular weight is 211 g/mol. The smallest absolute Gasteiger partial charge is 0.309 e. The number of aromatic nitrogens is 2. The zero-order chi connectivity index (χ0) is 11.1. The molecule has 84 valence electrons. The standard InChI is InChI=1S/C10H17N3O2/c1-2-3-6-15-10(14)7-9(11)13-5-4-12-8-13/h4-5,8-9H,2-3,6-7,11H2,1H3. The highest BCUT2D eigenvalue weighted by Gasteiger charge is 2.11. The van der Waals surface area contributed by atoms with Gasteiger partial charge >= 0.3 is 5.97 Å². The summed E-state index contributed by atoms with van der Waals surface area (Å²) in [5.74, 6) is -0.260. The topological polar surface area (TPSA) is 70.1 Å². The minimum Gasteiger partial charge on any atom is -0.466 e. The summed E-state index contributed by atoms with van der Waals surface area (Å²) in [5.41, 5.74) is 5.77. The molecule has 0 saturated heterocycles. The van der Waals surface area contributed by atoms with Crippen molar-refractivity contribution in [2.45, 2.75) is 32.4 Å². The first-order valence-corrected chi connectivity index (χ1v) is 5.12. The summed E-state index contributed by atoms with van der Waals surface area (Å²) in [6, 6.07) is 0. The minimum absolute atomic E-state index is 0.181. The van der Waals surface area contributed by atoms with Gasteiger partial charge in [0.2, 0.25) is 0 Å². The van der Waals surface area contributed by atoms with Gasteiger partial charge in [-0.1, -0.05) is 13.3 Å². The molecule has 0 aliphatic carbocycles. The van der Waals surface area contributed by atoms with E-state index >= 15 is 0 Å². The molecule has 1 rings (SSSR count). The van der Waals surface area contributed by atoms with Crippen molar-refractivity contribution in [2.24, 2.45) is 5.73 Å². The summed E-state index contributed by atoms with van der Waals surface area (Å²) in [5, 5.41) is 0. The third-order valence-corrected chi connectivity index (χ3v) is 2.04. The van der Waals surface area contributed by atoms with Crippen molar-refractivity contribution in [1.29, 1.82) is 0 Å². The quantitative estimate of drug-likeness (QED) is 0.564. The van der Waals surface area contributed by atoms with E-state index in [0.717, 1.165) is 12.8 Å². The molecule has 1 heterocycles. The van der Waals surface area contributed by atoms with E-state index in [-0.39, 0.29) is 18.6 Å². The van der Waals surface area contributed by atoms with E-state index in [9.17, 15) is 4.79 Å². The number of nitrogens with zero attached hydrogens (tertiary/aromatic N) is 2. The van der Waals surface area contributed by atoms with Crippen LogP contribution in [0, 0.1) is 0 Å². The van der Waals surface area contributed by atoms with E-state index in [1.807, 2.05) is 6.92 Å². The first kappa shape index (κ1) is 11.7. The van der Waals surface area contributed by atoms with Gasteiger partial charge in [0.05, 0.1) is 25.5 Å². The molecule has 1 unspecified atom stereocenters. The lowest BCUT2D eigenvalue weighted by molar-refractivity contribution is -0.144. The summed E-state index contributed by atoms with van der Waals surface area (Å²) in [6.07, 6.45) is 6.64. The molecule has 5 heteroatoms. The molecule has 0 aromatic carbocycles. The second kappa shape index (κ2) is 6.19. The number of hydrogen-bond acceptors (Lipinski definition) is 4. The van der Waals surface area contributed by atoms with Gasteiger partial charge in [0, 0.05) is 12.4 Å². The Hall–Kier alpha value is -1.36. The number of esters is 1. The number of carbonyl (C=O) groups excluding carboxylic acids is 1. The molecule has 0 aliphatic heterocycles. The molecular formula is C10H17N3O2. The van der Waals surface area contributed by atoms with Gasteiger partial charge in [-0.25, -0.2) is 4.98 Å². The van der Waals surface area contributed by atoms with Crippen LogP contribution in [0.1, 0.15) is 32.4 Å². The fourth-order valence-electron chi connectivity index (χ4n) is 1.13. The molecule has 2 N–H and O–H groups in total. The number of nitrogens with two attached hydrogens (primary N) is 1. The predicted octanol–water partition coefficient (Wildman–Crippen LogP) is 1.07. The molecule has 1 aromatic rings. The van der Waals surface area contributed by atoms with Gasteiger partial charge in [-0.2, -0.15) is 0 Å². The maximum Gasteiger partial charge on any atom is 0.309 e. The molecular weight excluding hydrogens is 194 g/mol. The highest BCUT2D eigenvalue weighted by Crippen LogP contribution is 2.04. The molecule has 0 saturated carbocycles. The summed E-state index contributed by atoms with van der Waals surface area (Å²) in [6.45, 7) is 2.52. The fraction of sp³-hybridized carbons (Fsp3) is 0.600. The van der Waals surface area contributed by atoms with E-state index in [1.54, 1.807) is 23.3 Å². The Labute approximate surface area is 89.2 Å². The number of ether oxygens (including phenoxy) is 1. The molecule has 15 heavy (non-hydrogen) atoms. The Morgan fingerprint density at radius 3 is 3.07 bits per heavy atom. The van der Waals surface area contributed by atoms with Crippen molar-refractivity contribution >= 4 is 5.97 Å². The Morgan fingerprint density at radius 2 is 2.47 bits per heavy atom. The van der Waals surface area contributed by atoms with Crippen molar-refractivity contribution in [3.05, 3.63) is 18.7 Å². The largest absolute Gasteiger partial charge is 0.466 e. The number of unbranched alkanes of at least 4 members (excludes halogenated alkanes) is 1. The van der Waals surface area contributed by atoms with Crippen LogP contribution < -0.4 is 5.73 Å². The molecule has 0 spiro atoms. The van der Waals surface area contributed by atoms with Crippen molar-refractivity contribution in [3.63, 3.8) is 0 Å². The number of imidazole rings is 1. The molecule has 0 amide bonds. The Kier molecular flexibility index (Phi) is 4.83. The Balaban J connectivity index is 2.26. The zero-order valence-electron chi connectivity index (χ0n) is 8.93. The number of hydrogen-bond donors (Lipinski definition) is 1. The summed E-state index contributed by atoms with van der Waals surface area (Å²) in [7, 11) is 0. The molecule has 0 aliphatic rings. The third kappa shape index (κ3) is 4.12. The van der Waals surface area contributed by atoms with E-state index in [0.29, 0.717) is 6.61 Å². The van der Waals surface area contributed by atoms with Crippen molar-refractivity contribution < 1.29 is 9.53 Å². The monoisotopic (exact) mass is 211 g/mol. The van der Waals surface area contributed by atoms with E-state index < -0.39 is 0 Å². The second-order valence-corrected chi connectivity index (χ2v) is 3.36. The van der Waals surface area contributed by atoms with Gasteiger partial charge in [0.1, 0.15) is 0 Å². The molecule has 1 aromatic heterocycles. The van der Waals surface area contributed by atoms with Gasteiger partial charge in [0.15, 0.2) is 0 Å². The van der Waals surface area contributed by atoms with Crippen LogP contribution in [0.4, 0.5) is 0 Å². The third-order valence-electron chi connectivity index (χ3n) is 2.04. The lowest BCUT2D eigenvalue weighted by Gasteiger charge is -2.12. The number of carbonyl (C=O) groups is 1. The second-order valence-electron chi connectivity index (χ2n) is 3.36. The Morgan fingerprint density at radius 1 is 1.67 bits per heavy atom. The predicted molar refractivity (Wildman–Crippen MR) is 55.9 cm³/mol. The fourth-order valence-corrected chi connectivity index (χ4v) is 1.13. The maximum absolute atomic E-state index is 11.3. The van der Waals surface area contributed by atoms with Crippen molar-refractivity contribution in [3.8, 4) is 0 Å². The van der Waals surface area contributed by atoms with E-state index in [2.05, 4.69) is 4.98 Å². The molecule has 0 fully saturated rings. The van der Waals surface area contributed by atoms with Crippen LogP contribution in [-0.2, 0) is 9.53 Å². The molecule has 0 bridgehead atoms. The summed E-state index contributed by atoms with van der Waals surface area (Å²) >= 11 is 0. The SMILES string of the molecule is CCCCOC(=O)CC(N)n1ccnc1. The van der Waals surface area contributed by atoms with Crippen LogP contribution in [-0.4, -0.2) is 22.1 Å². The van der Waals surface area contributed by atoms with Crippen LogP contribution in [0.5, 0.6) is 0 Å². The minimum atomic E-state index is -0.387. The van der Waals surface area contributed by atoms with Crippen LogP contribution in [0.2, 0.25) is 0 Å². The number of rotatable bonds is 6. The normalized spacial score (nSPS) is 12.4. The van der Waals surface area contributed by atoms with Gasteiger partial charge in [-0.3, -0.25) is 4.79 Å². The maximum atomic E-state index is 11.3. The van der Waals surface area contributed by atoms with Gasteiger partial charge < -0.3 is 15.0 Å². The van der Waals surface area contributed by atoms with Crippen molar-refractivity contribution in [1.82, 2.24) is 9.55 Å². The van der Waals surface area contributed by atoms with Gasteiger partial charge in [0.25, 0.3) is 0 Å². The summed E-state index contributed by atoms with van der Waals surface area (Å²) < 4.78 is 6.68. The lowest BCUT2D eigenvalue weighted by Crippen LogP contribution is -2.22. The van der Waals surface area contributed by atoms with Crippen LogP contribution in [0.3, 0.4) is 0 Å². The van der Waals surface area contributed by atoms with Crippen molar-refractivity contribution in [2.75, 3.05) is 6.61 Å². The van der Waals surface area contributed by atoms with E-state index in [1.165, 1.54) is 0 Å². The average Bonchev–Trinajstić information content (AvgIpc) is 2.70. The van der Waals surface area contributed by atoms with Crippen LogP contribution in [0.25, 0.3) is 0 Å². The highest BCUT2D eigenvalue weighted by molar-refractivity contribution is 5.69. The summed E-state index contributed by atoms with van der Waals surface area (Å²) in [4.78, 5) is 15.1. The van der Waals surface area contributed by atoms with Crippen LogP contribution in [0.15, 0.2) is 18.7 Å². The highest BCUT2D eigenvalue weighted by atomic mass is 16.5.